The number of furan rings is 1. The molecule has 0 saturated carbocycles. The summed E-state index contributed by atoms with van der Waals surface area (Å²) < 4.78 is 39.0. The highest BCUT2D eigenvalue weighted by Crippen LogP contribution is 2.38. The van der Waals surface area contributed by atoms with Gasteiger partial charge in [-0.25, -0.2) is 8.78 Å². The third-order valence-corrected chi connectivity index (χ3v) is 6.78. The summed E-state index contributed by atoms with van der Waals surface area (Å²) in [4.78, 5) is 27.5. The van der Waals surface area contributed by atoms with Gasteiger partial charge in [0.25, 0.3) is 5.91 Å². The first-order chi connectivity index (χ1) is 19.3. The highest BCUT2D eigenvalue weighted by molar-refractivity contribution is 6.02. The van der Waals surface area contributed by atoms with Gasteiger partial charge in [0.1, 0.15) is 29.8 Å². The molecule has 1 N–H and O–H groups in total. The Morgan fingerprint density at radius 1 is 1.00 bits per heavy atom. The maximum atomic E-state index is 14.2. The molecule has 3 aromatic carbocycles. The Kier molecular flexibility index (Phi) is 7.96. The van der Waals surface area contributed by atoms with Crippen molar-refractivity contribution in [3.05, 3.63) is 119 Å². The molecule has 0 aliphatic carbocycles. The number of carbonyl (C=O) groups excluding carboxylic acids is 2. The standard InChI is InChI=1S/C32H30F2N2O4/c1-20(2)16-30(37)36-15-14-21-6-11-26(18-28(21)31(36)22-4-3-5-24(34)17-22)39-19-27-12-13-29(40-27)32(38)35-25-9-7-23(33)8-10-25/h3-13,17-18,20,31H,14-16,19H2,1-2H3,(H,35,38). The van der Waals surface area contributed by atoms with Crippen molar-refractivity contribution in [3.63, 3.8) is 0 Å². The highest BCUT2D eigenvalue weighted by Gasteiger charge is 2.32. The van der Waals surface area contributed by atoms with E-state index in [9.17, 15) is 18.4 Å². The molecule has 0 spiro atoms. The second-order valence-corrected chi connectivity index (χ2v) is 10.3. The zero-order chi connectivity index (χ0) is 28.2. The first kappa shape index (κ1) is 27.1. The van der Waals surface area contributed by atoms with Crippen molar-refractivity contribution >= 4 is 17.5 Å². The van der Waals surface area contributed by atoms with Crippen LogP contribution in [0.5, 0.6) is 5.75 Å². The van der Waals surface area contributed by atoms with Crippen LogP contribution in [0.4, 0.5) is 14.5 Å². The number of rotatable bonds is 8. The summed E-state index contributed by atoms with van der Waals surface area (Å²) in [6.45, 7) is 4.63. The SMILES string of the molecule is CC(C)CC(=O)N1CCc2ccc(OCc3ccc(C(=O)Nc4ccc(F)cc4)o3)cc2C1c1cccc(F)c1. The smallest absolute Gasteiger partial charge is 0.291 e. The first-order valence-electron chi connectivity index (χ1n) is 13.2. The highest BCUT2D eigenvalue weighted by atomic mass is 19.1. The first-order valence-corrected chi connectivity index (χ1v) is 13.2. The van der Waals surface area contributed by atoms with Crippen molar-refractivity contribution in [1.82, 2.24) is 4.90 Å². The van der Waals surface area contributed by atoms with E-state index >= 15 is 0 Å². The lowest BCUT2D eigenvalue weighted by molar-refractivity contribution is -0.134. The van der Waals surface area contributed by atoms with E-state index in [1.54, 1.807) is 18.2 Å². The molecule has 40 heavy (non-hydrogen) atoms. The summed E-state index contributed by atoms with van der Waals surface area (Å²) in [5.41, 5.74) is 3.12. The van der Waals surface area contributed by atoms with Crippen molar-refractivity contribution in [2.24, 2.45) is 5.92 Å². The number of halogens is 2. The van der Waals surface area contributed by atoms with Crippen LogP contribution in [0.2, 0.25) is 0 Å². The molecule has 206 valence electrons. The Hall–Kier alpha value is -4.46. The molecule has 0 radical (unpaired) electrons. The van der Waals surface area contributed by atoms with Crippen molar-refractivity contribution in [1.29, 1.82) is 0 Å². The fourth-order valence-corrected chi connectivity index (χ4v) is 4.91. The predicted octanol–water partition coefficient (Wildman–Crippen LogP) is 6.91. The van der Waals surface area contributed by atoms with Crippen LogP contribution in [0.25, 0.3) is 0 Å². The van der Waals surface area contributed by atoms with Gasteiger partial charge in [-0.15, -0.1) is 0 Å². The minimum absolute atomic E-state index is 0.0308. The van der Waals surface area contributed by atoms with Gasteiger partial charge in [-0.3, -0.25) is 9.59 Å². The van der Waals surface area contributed by atoms with Gasteiger partial charge in [0.2, 0.25) is 5.91 Å². The summed E-state index contributed by atoms with van der Waals surface area (Å²) in [6, 6.07) is 20.3. The summed E-state index contributed by atoms with van der Waals surface area (Å²) in [5.74, 6) is 0.120. The average Bonchev–Trinajstić information content (AvgIpc) is 3.41. The van der Waals surface area contributed by atoms with Crippen molar-refractivity contribution in [2.45, 2.75) is 39.3 Å². The molecule has 6 nitrogen and oxygen atoms in total. The number of hydrogen-bond acceptors (Lipinski definition) is 4. The Balaban J connectivity index is 1.33. The van der Waals surface area contributed by atoms with Crippen LogP contribution in [0, 0.1) is 17.6 Å². The number of carbonyl (C=O) groups is 2. The van der Waals surface area contributed by atoms with E-state index in [0.29, 0.717) is 42.1 Å². The Morgan fingerprint density at radius 2 is 1.80 bits per heavy atom. The topological polar surface area (TPSA) is 71.8 Å². The van der Waals surface area contributed by atoms with Gasteiger partial charge < -0.3 is 19.4 Å². The van der Waals surface area contributed by atoms with E-state index in [2.05, 4.69) is 5.32 Å². The Bertz CT molecular complexity index is 1510. The fourth-order valence-electron chi connectivity index (χ4n) is 4.91. The minimum Gasteiger partial charge on any atom is -0.486 e. The third-order valence-electron chi connectivity index (χ3n) is 6.78. The van der Waals surface area contributed by atoms with Gasteiger partial charge in [0, 0.05) is 18.7 Å². The molecule has 0 fully saturated rings. The largest absolute Gasteiger partial charge is 0.486 e. The number of nitrogens with one attached hydrogen (secondary N) is 1. The average molecular weight is 545 g/mol. The summed E-state index contributed by atoms with van der Waals surface area (Å²) in [5, 5.41) is 2.66. The summed E-state index contributed by atoms with van der Waals surface area (Å²) >= 11 is 0. The molecular weight excluding hydrogens is 514 g/mol. The van der Waals surface area contributed by atoms with E-state index in [1.165, 1.54) is 36.4 Å². The number of nitrogens with zero attached hydrogens (tertiary/aromatic N) is 1. The molecule has 1 aromatic heterocycles. The van der Waals surface area contributed by atoms with Gasteiger partial charge in [-0.1, -0.05) is 32.0 Å². The molecule has 8 heteroatoms. The molecular formula is C32H30F2N2O4. The van der Waals surface area contributed by atoms with Gasteiger partial charge in [-0.2, -0.15) is 0 Å². The second-order valence-electron chi connectivity index (χ2n) is 10.3. The molecule has 1 aliphatic heterocycles. The number of anilines is 1. The molecule has 2 heterocycles. The van der Waals surface area contributed by atoms with Gasteiger partial charge in [0.15, 0.2) is 5.76 Å². The molecule has 2 amide bonds. The van der Waals surface area contributed by atoms with E-state index in [-0.39, 0.29) is 30.0 Å². The fraction of sp³-hybridized carbons (Fsp3) is 0.250. The Labute approximate surface area is 231 Å². The second kappa shape index (κ2) is 11.7. The van der Waals surface area contributed by atoms with Crippen LogP contribution in [-0.2, 0) is 17.8 Å². The lowest BCUT2D eigenvalue weighted by atomic mass is 9.87. The van der Waals surface area contributed by atoms with E-state index in [1.807, 2.05) is 43.0 Å². The Morgan fingerprint density at radius 3 is 2.55 bits per heavy atom. The molecule has 1 atom stereocenters. The van der Waals surface area contributed by atoms with Crippen molar-refractivity contribution < 1.29 is 27.5 Å². The molecule has 1 unspecified atom stereocenters. The number of hydrogen-bond donors (Lipinski definition) is 1. The number of ether oxygens (including phenoxy) is 1. The van der Waals surface area contributed by atoms with Crippen LogP contribution >= 0.6 is 0 Å². The van der Waals surface area contributed by atoms with Crippen molar-refractivity contribution in [3.8, 4) is 5.75 Å². The normalized spacial score (nSPS) is 14.6. The lowest BCUT2D eigenvalue weighted by Gasteiger charge is -2.38. The van der Waals surface area contributed by atoms with Crippen LogP contribution in [0.15, 0.2) is 83.3 Å². The predicted molar refractivity (Wildman–Crippen MR) is 147 cm³/mol. The molecule has 0 bridgehead atoms. The van der Waals surface area contributed by atoms with Gasteiger partial charge in [-0.05, 0) is 89.7 Å². The maximum absolute atomic E-state index is 14.2. The zero-order valence-electron chi connectivity index (χ0n) is 22.3. The van der Waals surface area contributed by atoms with E-state index in [0.717, 1.165) is 11.1 Å². The number of amides is 2. The summed E-state index contributed by atoms with van der Waals surface area (Å²) in [6.07, 6.45) is 1.10. The van der Waals surface area contributed by atoms with Crippen molar-refractivity contribution in [2.75, 3.05) is 11.9 Å². The lowest BCUT2D eigenvalue weighted by Crippen LogP contribution is -2.41. The van der Waals surface area contributed by atoms with E-state index < -0.39 is 17.8 Å². The van der Waals surface area contributed by atoms with Crippen LogP contribution in [0.3, 0.4) is 0 Å². The monoisotopic (exact) mass is 544 g/mol. The van der Waals surface area contributed by atoms with E-state index in [4.69, 9.17) is 9.15 Å². The molecule has 4 aromatic rings. The van der Waals surface area contributed by atoms with Crippen LogP contribution in [0.1, 0.15) is 59.3 Å². The minimum atomic E-state index is -0.462. The maximum Gasteiger partial charge on any atom is 0.291 e. The van der Waals surface area contributed by atoms with Crippen LogP contribution < -0.4 is 10.1 Å². The zero-order valence-corrected chi connectivity index (χ0v) is 22.3. The quantitative estimate of drug-likeness (QED) is 0.262. The van der Waals surface area contributed by atoms with Gasteiger partial charge >= 0.3 is 0 Å². The summed E-state index contributed by atoms with van der Waals surface area (Å²) in [7, 11) is 0. The molecule has 0 saturated heterocycles. The number of fused-ring (bicyclic) bond motifs is 1. The van der Waals surface area contributed by atoms with Crippen LogP contribution in [-0.4, -0.2) is 23.3 Å². The molecule has 1 aliphatic rings. The third kappa shape index (κ3) is 6.22. The van der Waals surface area contributed by atoms with Gasteiger partial charge in [0.05, 0.1) is 6.04 Å². The number of benzene rings is 3. The molecule has 5 rings (SSSR count).